The number of rotatable bonds is 5. The van der Waals surface area contributed by atoms with Crippen LogP contribution < -0.4 is 10.9 Å². The molecule has 1 heterocycles. The van der Waals surface area contributed by atoms with Gasteiger partial charge in [0.05, 0.1) is 6.33 Å². The van der Waals surface area contributed by atoms with Crippen LogP contribution in [-0.4, -0.2) is 16.5 Å². The normalized spacial score (nSPS) is 10.7. The first-order valence-electron chi connectivity index (χ1n) is 5.16. The van der Waals surface area contributed by atoms with E-state index in [2.05, 4.69) is 29.1 Å². The van der Waals surface area contributed by atoms with Gasteiger partial charge in [-0.15, -0.1) is 0 Å². The van der Waals surface area contributed by atoms with Gasteiger partial charge in [0, 0.05) is 6.54 Å². The molecular weight excluding hydrogens is 305 g/mol. The summed E-state index contributed by atoms with van der Waals surface area (Å²) in [5.41, 5.74) is -0.0855. The molecule has 0 saturated heterocycles. The Bertz CT molecular complexity index is 360. The van der Waals surface area contributed by atoms with Gasteiger partial charge in [0.25, 0.3) is 5.56 Å². The monoisotopic (exact) mass is 321 g/mol. The highest BCUT2D eigenvalue weighted by Gasteiger charge is 2.07. The minimum absolute atomic E-state index is 0.0855. The molecule has 0 saturated carbocycles. The highest BCUT2D eigenvalue weighted by atomic mass is 127. The van der Waals surface area contributed by atoms with E-state index in [0.717, 1.165) is 19.4 Å². The molecule has 84 valence electrons. The molecule has 0 aromatic carbocycles. The van der Waals surface area contributed by atoms with Crippen molar-refractivity contribution in [1.29, 1.82) is 0 Å². The molecule has 1 aromatic heterocycles. The number of anilines is 1. The molecule has 0 fully saturated rings. The first-order valence-corrected chi connectivity index (χ1v) is 6.23. The summed E-state index contributed by atoms with van der Waals surface area (Å²) in [5.74, 6) is 1.33. The second-order valence-electron chi connectivity index (χ2n) is 3.46. The van der Waals surface area contributed by atoms with Crippen molar-refractivity contribution in [3.05, 3.63) is 20.3 Å². The summed E-state index contributed by atoms with van der Waals surface area (Å²) in [6.45, 7) is 5.22. The minimum atomic E-state index is -0.0855. The van der Waals surface area contributed by atoms with Gasteiger partial charge in [-0.05, 0) is 28.5 Å². The number of aromatic nitrogens is 2. The van der Waals surface area contributed by atoms with Gasteiger partial charge >= 0.3 is 0 Å². The van der Waals surface area contributed by atoms with Gasteiger partial charge in [0.15, 0.2) is 0 Å². The van der Waals surface area contributed by atoms with Gasteiger partial charge < -0.3 is 10.3 Å². The SMILES string of the molecule is CCC(CC)CNc1nc[nH]c(=O)c1I. The smallest absolute Gasteiger partial charge is 0.266 e. The van der Waals surface area contributed by atoms with Gasteiger partial charge in [-0.25, -0.2) is 4.98 Å². The topological polar surface area (TPSA) is 57.8 Å². The van der Waals surface area contributed by atoms with Crippen molar-refractivity contribution in [2.45, 2.75) is 26.7 Å². The van der Waals surface area contributed by atoms with Gasteiger partial charge in [-0.1, -0.05) is 26.7 Å². The predicted octanol–water partition coefficient (Wildman–Crippen LogP) is 2.22. The Morgan fingerprint density at radius 2 is 2.20 bits per heavy atom. The largest absolute Gasteiger partial charge is 0.369 e. The maximum absolute atomic E-state index is 11.3. The molecule has 0 bridgehead atoms. The van der Waals surface area contributed by atoms with Crippen LogP contribution in [-0.2, 0) is 0 Å². The van der Waals surface area contributed by atoms with Crippen LogP contribution in [0.1, 0.15) is 26.7 Å². The van der Waals surface area contributed by atoms with E-state index >= 15 is 0 Å². The molecule has 0 radical (unpaired) electrons. The van der Waals surface area contributed by atoms with Crippen molar-refractivity contribution in [1.82, 2.24) is 9.97 Å². The molecule has 0 unspecified atom stereocenters. The molecule has 0 aliphatic carbocycles. The standard InChI is InChI=1S/C10H16IN3O/c1-3-7(4-2)5-12-9-8(11)10(15)14-6-13-9/h6-7H,3-5H2,1-2H3,(H2,12,13,14,15). The third-order valence-electron chi connectivity index (χ3n) is 2.51. The Morgan fingerprint density at radius 3 is 2.80 bits per heavy atom. The Labute approximate surface area is 103 Å². The molecule has 0 atom stereocenters. The van der Waals surface area contributed by atoms with Gasteiger partial charge in [-0.2, -0.15) is 0 Å². The molecule has 2 N–H and O–H groups in total. The number of nitrogens with one attached hydrogen (secondary N) is 2. The van der Waals surface area contributed by atoms with Crippen LogP contribution in [0.3, 0.4) is 0 Å². The lowest BCUT2D eigenvalue weighted by Gasteiger charge is -2.13. The number of hydrogen-bond donors (Lipinski definition) is 2. The fourth-order valence-electron chi connectivity index (χ4n) is 1.32. The molecule has 15 heavy (non-hydrogen) atoms. The molecule has 1 rings (SSSR count). The summed E-state index contributed by atoms with van der Waals surface area (Å²) in [4.78, 5) is 17.9. The molecule has 0 aliphatic heterocycles. The Kier molecular flexibility index (Phi) is 5.07. The summed E-state index contributed by atoms with van der Waals surface area (Å²) < 4.78 is 0.626. The Balaban J connectivity index is 2.65. The van der Waals surface area contributed by atoms with E-state index in [-0.39, 0.29) is 5.56 Å². The maximum atomic E-state index is 11.3. The molecule has 4 nitrogen and oxygen atoms in total. The fourth-order valence-corrected chi connectivity index (χ4v) is 1.81. The molecule has 0 aliphatic rings. The van der Waals surface area contributed by atoms with E-state index < -0.39 is 0 Å². The van der Waals surface area contributed by atoms with Crippen LogP contribution in [0.15, 0.2) is 11.1 Å². The third kappa shape index (κ3) is 3.48. The van der Waals surface area contributed by atoms with Crippen molar-refractivity contribution >= 4 is 28.4 Å². The second kappa shape index (κ2) is 6.09. The van der Waals surface area contributed by atoms with E-state index in [1.807, 2.05) is 22.6 Å². The molecule has 1 aromatic rings. The summed E-state index contributed by atoms with van der Waals surface area (Å²) in [6, 6.07) is 0. The zero-order valence-corrected chi connectivity index (χ0v) is 11.2. The third-order valence-corrected chi connectivity index (χ3v) is 3.51. The van der Waals surface area contributed by atoms with E-state index in [1.54, 1.807) is 0 Å². The molecule has 0 amide bonds. The number of halogens is 1. The van der Waals surface area contributed by atoms with Crippen LogP contribution in [0.25, 0.3) is 0 Å². The quantitative estimate of drug-likeness (QED) is 0.818. The average Bonchev–Trinajstić information content (AvgIpc) is 2.25. The zero-order valence-electron chi connectivity index (χ0n) is 9.01. The summed E-state index contributed by atoms with van der Waals surface area (Å²) in [5, 5.41) is 3.22. The van der Waals surface area contributed by atoms with E-state index in [1.165, 1.54) is 6.33 Å². The lowest BCUT2D eigenvalue weighted by Crippen LogP contribution is -2.18. The zero-order chi connectivity index (χ0) is 11.3. The number of aromatic amines is 1. The van der Waals surface area contributed by atoms with Crippen molar-refractivity contribution in [3.8, 4) is 0 Å². The van der Waals surface area contributed by atoms with Crippen molar-refractivity contribution in [2.75, 3.05) is 11.9 Å². The van der Waals surface area contributed by atoms with E-state index in [0.29, 0.717) is 15.3 Å². The van der Waals surface area contributed by atoms with Crippen LogP contribution in [0, 0.1) is 9.49 Å². The first kappa shape index (κ1) is 12.5. The van der Waals surface area contributed by atoms with Crippen LogP contribution >= 0.6 is 22.6 Å². The lowest BCUT2D eigenvalue weighted by atomic mass is 10.0. The number of nitrogens with zero attached hydrogens (tertiary/aromatic N) is 1. The highest BCUT2D eigenvalue weighted by Crippen LogP contribution is 2.12. The van der Waals surface area contributed by atoms with E-state index in [4.69, 9.17) is 0 Å². The maximum Gasteiger partial charge on any atom is 0.266 e. The summed E-state index contributed by atoms with van der Waals surface area (Å²) in [6.07, 6.45) is 3.71. The van der Waals surface area contributed by atoms with Crippen molar-refractivity contribution in [3.63, 3.8) is 0 Å². The summed E-state index contributed by atoms with van der Waals surface area (Å²) in [7, 11) is 0. The van der Waals surface area contributed by atoms with Crippen LogP contribution in [0.5, 0.6) is 0 Å². The van der Waals surface area contributed by atoms with E-state index in [9.17, 15) is 4.79 Å². The van der Waals surface area contributed by atoms with Crippen LogP contribution in [0.2, 0.25) is 0 Å². The minimum Gasteiger partial charge on any atom is -0.369 e. The van der Waals surface area contributed by atoms with Gasteiger partial charge in [0.1, 0.15) is 9.39 Å². The second-order valence-corrected chi connectivity index (χ2v) is 4.54. The predicted molar refractivity (Wildman–Crippen MR) is 70.1 cm³/mol. The summed E-state index contributed by atoms with van der Waals surface area (Å²) >= 11 is 2.01. The fraction of sp³-hybridized carbons (Fsp3) is 0.600. The lowest BCUT2D eigenvalue weighted by molar-refractivity contribution is 0.518. The average molecular weight is 321 g/mol. The first-order chi connectivity index (χ1) is 7.19. The highest BCUT2D eigenvalue weighted by molar-refractivity contribution is 14.1. The molecular formula is C10H16IN3O. The Hall–Kier alpha value is -0.590. The van der Waals surface area contributed by atoms with Crippen molar-refractivity contribution < 1.29 is 0 Å². The van der Waals surface area contributed by atoms with Crippen LogP contribution in [0.4, 0.5) is 5.82 Å². The molecule has 5 heteroatoms. The number of hydrogen-bond acceptors (Lipinski definition) is 3. The van der Waals surface area contributed by atoms with Crippen molar-refractivity contribution in [2.24, 2.45) is 5.92 Å². The molecule has 0 spiro atoms. The number of H-pyrrole nitrogens is 1. The van der Waals surface area contributed by atoms with Gasteiger partial charge in [0.2, 0.25) is 0 Å². The Morgan fingerprint density at radius 1 is 1.53 bits per heavy atom. The van der Waals surface area contributed by atoms with Gasteiger partial charge in [-0.3, -0.25) is 4.79 Å².